The molecule has 0 saturated heterocycles. The topological polar surface area (TPSA) is 33.6 Å². The molecule has 1 aromatic rings. The maximum Gasteiger partial charge on any atom is 0.128 e. The Bertz CT molecular complexity index is 450. The van der Waals surface area contributed by atoms with Gasteiger partial charge in [0, 0.05) is 18.7 Å². The number of benzene rings is 1. The van der Waals surface area contributed by atoms with Crippen LogP contribution in [-0.4, -0.2) is 25.0 Å². The lowest BCUT2D eigenvalue weighted by Crippen LogP contribution is -2.30. The van der Waals surface area contributed by atoms with Gasteiger partial charge >= 0.3 is 0 Å². The molecule has 1 aliphatic heterocycles. The Labute approximate surface area is 115 Å². The molecule has 19 heavy (non-hydrogen) atoms. The molecule has 0 unspecified atom stereocenters. The minimum atomic E-state index is 0.480. The lowest BCUT2D eigenvalue weighted by Gasteiger charge is -2.16. The standard InChI is InChI=1S/C16H22N2O/c1-2-8-15(7-1)19-12-13-5-3-6-14(11-13)16-17-9-4-10-18-16/h3,5-6,11,15H,1-2,4,7-10,12H2,(H,17,18). The largest absolute Gasteiger partial charge is 0.374 e. The highest BCUT2D eigenvalue weighted by molar-refractivity contribution is 5.99. The molecular formula is C16H22N2O. The zero-order valence-electron chi connectivity index (χ0n) is 11.4. The van der Waals surface area contributed by atoms with Crippen molar-refractivity contribution in [1.82, 2.24) is 5.32 Å². The van der Waals surface area contributed by atoms with E-state index >= 15 is 0 Å². The lowest BCUT2D eigenvalue weighted by molar-refractivity contribution is 0.0457. The van der Waals surface area contributed by atoms with E-state index in [0.717, 1.165) is 32.0 Å². The Morgan fingerprint density at radius 1 is 1.21 bits per heavy atom. The van der Waals surface area contributed by atoms with Crippen LogP contribution in [0.4, 0.5) is 0 Å². The third-order valence-electron chi connectivity index (χ3n) is 3.89. The van der Waals surface area contributed by atoms with Crippen LogP contribution < -0.4 is 5.32 Å². The summed E-state index contributed by atoms with van der Waals surface area (Å²) in [6, 6.07) is 8.56. The second-order valence-electron chi connectivity index (χ2n) is 5.43. The number of nitrogens with one attached hydrogen (secondary N) is 1. The summed E-state index contributed by atoms with van der Waals surface area (Å²) in [5, 5.41) is 3.37. The molecule has 1 fully saturated rings. The summed E-state index contributed by atoms with van der Waals surface area (Å²) >= 11 is 0. The first kappa shape index (κ1) is 12.7. The first-order valence-corrected chi connectivity index (χ1v) is 7.41. The van der Waals surface area contributed by atoms with Crippen molar-refractivity contribution < 1.29 is 4.74 Å². The predicted molar refractivity (Wildman–Crippen MR) is 77.5 cm³/mol. The molecule has 0 radical (unpaired) electrons. The Kier molecular flexibility index (Phi) is 4.13. The molecule has 3 nitrogen and oxygen atoms in total. The van der Waals surface area contributed by atoms with Crippen LogP contribution in [0, 0.1) is 0 Å². The maximum absolute atomic E-state index is 5.97. The van der Waals surface area contributed by atoms with E-state index in [-0.39, 0.29) is 0 Å². The molecule has 0 amide bonds. The fourth-order valence-corrected chi connectivity index (χ4v) is 2.80. The molecule has 1 aliphatic carbocycles. The summed E-state index contributed by atoms with van der Waals surface area (Å²) in [5.74, 6) is 1.04. The van der Waals surface area contributed by atoms with Gasteiger partial charge in [-0.2, -0.15) is 0 Å². The van der Waals surface area contributed by atoms with Crippen molar-refractivity contribution >= 4 is 5.84 Å². The highest BCUT2D eigenvalue weighted by Gasteiger charge is 2.15. The van der Waals surface area contributed by atoms with Crippen molar-refractivity contribution in [2.75, 3.05) is 13.1 Å². The molecule has 1 aromatic carbocycles. The summed E-state index contributed by atoms with van der Waals surface area (Å²) in [4.78, 5) is 4.54. The SMILES string of the molecule is c1cc(COC2CCCC2)cc(C2=NCCCN2)c1. The summed E-state index contributed by atoms with van der Waals surface area (Å²) in [5.41, 5.74) is 2.44. The van der Waals surface area contributed by atoms with Crippen LogP contribution in [0.1, 0.15) is 43.2 Å². The van der Waals surface area contributed by atoms with Gasteiger partial charge in [-0.15, -0.1) is 0 Å². The van der Waals surface area contributed by atoms with E-state index in [0.29, 0.717) is 6.10 Å². The first-order chi connectivity index (χ1) is 9.42. The summed E-state index contributed by atoms with van der Waals surface area (Å²) < 4.78 is 5.97. The van der Waals surface area contributed by atoms with Crippen LogP contribution in [-0.2, 0) is 11.3 Å². The Hall–Kier alpha value is -1.35. The summed E-state index contributed by atoms with van der Waals surface area (Å²) in [6.45, 7) is 2.69. The Morgan fingerprint density at radius 3 is 2.89 bits per heavy atom. The zero-order valence-corrected chi connectivity index (χ0v) is 11.4. The van der Waals surface area contributed by atoms with Crippen LogP contribution >= 0.6 is 0 Å². The van der Waals surface area contributed by atoms with Crippen LogP contribution in [0.5, 0.6) is 0 Å². The maximum atomic E-state index is 5.97. The number of rotatable bonds is 4. The molecule has 102 valence electrons. The van der Waals surface area contributed by atoms with Crippen LogP contribution in [0.2, 0.25) is 0 Å². The highest BCUT2D eigenvalue weighted by Crippen LogP contribution is 2.22. The van der Waals surface area contributed by atoms with Crippen LogP contribution in [0.15, 0.2) is 29.3 Å². The number of ether oxygens (including phenoxy) is 1. The quantitative estimate of drug-likeness (QED) is 0.901. The summed E-state index contributed by atoms with van der Waals surface area (Å²) in [7, 11) is 0. The van der Waals surface area contributed by atoms with Crippen LogP contribution in [0.3, 0.4) is 0 Å². The second kappa shape index (κ2) is 6.20. The van der Waals surface area contributed by atoms with Gasteiger partial charge in [0.2, 0.25) is 0 Å². The van der Waals surface area contributed by atoms with Crippen molar-refractivity contribution in [3.63, 3.8) is 0 Å². The van der Waals surface area contributed by atoms with Gasteiger partial charge in [-0.1, -0.05) is 31.0 Å². The minimum Gasteiger partial charge on any atom is -0.374 e. The number of nitrogens with zero attached hydrogens (tertiary/aromatic N) is 1. The Morgan fingerprint density at radius 2 is 2.11 bits per heavy atom. The fourth-order valence-electron chi connectivity index (χ4n) is 2.80. The van der Waals surface area contributed by atoms with Gasteiger partial charge in [0.25, 0.3) is 0 Å². The molecule has 3 rings (SSSR count). The molecule has 0 spiro atoms. The van der Waals surface area contributed by atoms with E-state index in [1.54, 1.807) is 0 Å². The molecule has 1 heterocycles. The Balaban J connectivity index is 1.63. The molecule has 0 bridgehead atoms. The zero-order chi connectivity index (χ0) is 12.9. The average molecular weight is 258 g/mol. The monoisotopic (exact) mass is 258 g/mol. The molecule has 1 N–H and O–H groups in total. The molecule has 0 aromatic heterocycles. The number of aliphatic imine (C=N–C) groups is 1. The van der Waals surface area contributed by atoms with E-state index in [4.69, 9.17) is 4.74 Å². The van der Waals surface area contributed by atoms with Gasteiger partial charge in [-0.05, 0) is 30.9 Å². The predicted octanol–water partition coefficient (Wildman–Crippen LogP) is 2.89. The number of amidine groups is 1. The third kappa shape index (κ3) is 3.35. The van der Waals surface area contributed by atoms with E-state index in [1.807, 2.05) is 0 Å². The van der Waals surface area contributed by atoms with E-state index in [9.17, 15) is 0 Å². The molecular weight excluding hydrogens is 236 g/mol. The van der Waals surface area contributed by atoms with Gasteiger partial charge in [-0.25, -0.2) is 0 Å². The second-order valence-corrected chi connectivity index (χ2v) is 5.43. The third-order valence-corrected chi connectivity index (χ3v) is 3.89. The van der Waals surface area contributed by atoms with Crippen molar-refractivity contribution in [3.8, 4) is 0 Å². The van der Waals surface area contributed by atoms with Gasteiger partial charge in [0.15, 0.2) is 0 Å². The molecule has 3 heteroatoms. The first-order valence-electron chi connectivity index (χ1n) is 7.41. The van der Waals surface area contributed by atoms with E-state index in [2.05, 4.69) is 34.6 Å². The molecule has 0 atom stereocenters. The number of hydrogen-bond donors (Lipinski definition) is 1. The lowest BCUT2D eigenvalue weighted by atomic mass is 10.1. The van der Waals surface area contributed by atoms with Crippen LogP contribution in [0.25, 0.3) is 0 Å². The smallest absolute Gasteiger partial charge is 0.128 e. The van der Waals surface area contributed by atoms with Gasteiger partial charge in [0.05, 0.1) is 12.7 Å². The van der Waals surface area contributed by atoms with Crippen molar-refractivity contribution in [2.45, 2.75) is 44.8 Å². The van der Waals surface area contributed by atoms with Crippen molar-refractivity contribution in [1.29, 1.82) is 0 Å². The highest BCUT2D eigenvalue weighted by atomic mass is 16.5. The van der Waals surface area contributed by atoms with Gasteiger partial charge < -0.3 is 10.1 Å². The summed E-state index contributed by atoms with van der Waals surface area (Å²) in [6.07, 6.45) is 6.72. The van der Waals surface area contributed by atoms with E-state index in [1.165, 1.54) is 36.8 Å². The van der Waals surface area contributed by atoms with Gasteiger partial charge in [0.1, 0.15) is 5.84 Å². The molecule has 1 saturated carbocycles. The normalized spacial score (nSPS) is 20.1. The minimum absolute atomic E-state index is 0.480. The molecule has 2 aliphatic rings. The van der Waals surface area contributed by atoms with E-state index < -0.39 is 0 Å². The van der Waals surface area contributed by atoms with Crippen molar-refractivity contribution in [2.24, 2.45) is 4.99 Å². The number of hydrogen-bond acceptors (Lipinski definition) is 3. The average Bonchev–Trinajstić information content (AvgIpc) is 3.00. The van der Waals surface area contributed by atoms with Crippen molar-refractivity contribution in [3.05, 3.63) is 35.4 Å². The van der Waals surface area contributed by atoms with Gasteiger partial charge in [-0.3, -0.25) is 4.99 Å². The fraction of sp³-hybridized carbons (Fsp3) is 0.562.